The summed E-state index contributed by atoms with van der Waals surface area (Å²) in [7, 11) is 0. The molecule has 0 aliphatic rings. The normalized spacial score (nSPS) is 11.6. The van der Waals surface area contributed by atoms with Crippen molar-refractivity contribution in [2.24, 2.45) is 5.92 Å². The van der Waals surface area contributed by atoms with E-state index in [1.807, 2.05) is 30.3 Å². The Morgan fingerprint density at radius 2 is 1.76 bits per heavy atom. The van der Waals surface area contributed by atoms with Crippen LogP contribution in [0, 0.1) is 23.5 Å². The average molecular weight is 456 g/mol. The second kappa shape index (κ2) is 11.3. The predicted octanol–water partition coefficient (Wildman–Crippen LogP) is 4.48. The first-order valence-corrected chi connectivity index (χ1v) is 10.4. The van der Waals surface area contributed by atoms with Crippen LogP contribution in [0.4, 0.5) is 13.2 Å². The highest BCUT2D eigenvalue weighted by molar-refractivity contribution is 5.92. The third-order valence-corrected chi connectivity index (χ3v) is 5.09. The molecule has 172 valence electrons. The zero-order chi connectivity index (χ0) is 23.8. The van der Waals surface area contributed by atoms with Gasteiger partial charge < -0.3 is 14.4 Å². The number of carbonyl (C=O) groups is 2. The van der Waals surface area contributed by atoms with E-state index in [1.165, 1.54) is 17.0 Å². The lowest BCUT2D eigenvalue weighted by Gasteiger charge is -2.24. The molecule has 8 heteroatoms. The summed E-state index contributed by atoms with van der Waals surface area (Å²) in [5.41, 5.74) is 0.751. The Morgan fingerprint density at radius 3 is 2.36 bits per heavy atom. The molecule has 0 fully saturated rings. The third-order valence-electron chi connectivity index (χ3n) is 5.09. The van der Waals surface area contributed by atoms with E-state index in [-0.39, 0.29) is 31.0 Å². The van der Waals surface area contributed by atoms with Crippen molar-refractivity contribution in [3.63, 3.8) is 0 Å². The minimum Gasteiger partial charge on any atom is -0.489 e. The number of carbonyl (C=O) groups excluding carboxylic acids is 2. The Hall–Kier alpha value is -3.68. The van der Waals surface area contributed by atoms with Crippen LogP contribution >= 0.6 is 0 Å². The number of rotatable bonds is 10. The van der Waals surface area contributed by atoms with Crippen LogP contribution < -0.4 is 4.74 Å². The number of hydrogen-bond donors (Lipinski definition) is 0. The molecule has 3 aromatic rings. The van der Waals surface area contributed by atoms with Gasteiger partial charge in [-0.25, -0.2) is 13.8 Å². The van der Waals surface area contributed by atoms with Gasteiger partial charge in [0.25, 0.3) is 0 Å². The Labute approximate surface area is 189 Å². The van der Waals surface area contributed by atoms with Crippen LogP contribution in [0.1, 0.15) is 23.7 Å². The second-order valence-corrected chi connectivity index (χ2v) is 7.39. The monoisotopic (exact) mass is 456 g/mol. The average Bonchev–Trinajstić information content (AvgIpc) is 2.81. The molecule has 1 heterocycles. The number of pyridine rings is 1. The van der Waals surface area contributed by atoms with Crippen LogP contribution in [0.25, 0.3) is 0 Å². The molecule has 0 saturated heterocycles. The quantitative estimate of drug-likeness (QED) is 0.256. The van der Waals surface area contributed by atoms with Gasteiger partial charge in [0.2, 0.25) is 11.9 Å². The number of halogens is 3. The fraction of sp³-hybridized carbons (Fsp3) is 0.240. The molecule has 0 saturated carbocycles. The first-order chi connectivity index (χ1) is 15.9. The lowest BCUT2D eigenvalue weighted by molar-refractivity contribution is -0.138. The van der Waals surface area contributed by atoms with Gasteiger partial charge in [-0.3, -0.25) is 4.79 Å². The van der Waals surface area contributed by atoms with Gasteiger partial charge in [0.15, 0.2) is 0 Å². The molecule has 0 N–H and O–H groups in total. The van der Waals surface area contributed by atoms with Crippen molar-refractivity contribution in [1.29, 1.82) is 0 Å². The lowest BCUT2D eigenvalue weighted by atomic mass is 9.98. The van der Waals surface area contributed by atoms with Crippen molar-refractivity contribution in [2.45, 2.75) is 26.5 Å². The number of aromatic nitrogens is 1. The highest BCUT2D eigenvalue weighted by Crippen LogP contribution is 2.24. The fourth-order valence-electron chi connectivity index (χ4n) is 3.33. The molecule has 0 aliphatic heterocycles. The first kappa shape index (κ1) is 24.0. The molecule has 2 aromatic carbocycles. The minimum absolute atomic E-state index is 0.000976. The SMILES string of the molecule is CCN(Cc1cccc(F)n1)C(=O)C(C=O)Cc1c(F)cc(OCc2ccccc2)cc1F. The smallest absolute Gasteiger partial charge is 0.233 e. The molecule has 0 aliphatic carbocycles. The van der Waals surface area contributed by atoms with E-state index in [4.69, 9.17) is 4.74 Å². The van der Waals surface area contributed by atoms with E-state index in [9.17, 15) is 22.8 Å². The Morgan fingerprint density at radius 1 is 1.06 bits per heavy atom. The minimum atomic E-state index is -1.31. The summed E-state index contributed by atoms with van der Waals surface area (Å²) in [5, 5.41) is 0. The Kier molecular flexibility index (Phi) is 8.18. The zero-order valence-electron chi connectivity index (χ0n) is 18.0. The lowest BCUT2D eigenvalue weighted by Crippen LogP contribution is -2.37. The predicted molar refractivity (Wildman–Crippen MR) is 116 cm³/mol. The molecule has 1 atom stereocenters. The summed E-state index contributed by atoms with van der Waals surface area (Å²) < 4.78 is 48.1. The van der Waals surface area contributed by atoms with E-state index in [0.29, 0.717) is 12.0 Å². The van der Waals surface area contributed by atoms with Gasteiger partial charge in [-0.2, -0.15) is 4.39 Å². The van der Waals surface area contributed by atoms with E-state index in [1.54, 1.807) is 13.0 Å². The molecular formula is C25H23F3N2O3. The first-order valence-electron chi connectivity index (χ1n) is 10.4. The standard InChI is InChI=1S/C25H23F3N2O3/c1-2-30(14-19-9-6-10-24(28)29-19)25(32)18(15-31)11-21-22(26)12-20(13-23(21)27)33-16-17-7-4-3-5-8-17/h3-10,12-13,15,18H,2,11,14,16H2,1H3. The number of amides is 1. The van der Waals surface area contributed by atoms with Crippen LogP contribution in [0.15, 0.2) is 60.7 Å². The van der Waals surface area contributed by atoms with Crippen LogP contribution in [0.5, 0.6) is 5.75 Å². The van der Waals surface area contributed by atoms with Crippen LogP contribution in [0.2, 0.25) is 0 Å². The van der Waals surface area contributed by atoms with Crippen molar-refractivity contribution in [3.05, 3.63) is 95.1 Å². The van der Waals surface area contributed by atoms with E-state index < -0.39 is 35.8 Å². The maximum absolute atomic E-state index is 14.7. The maximum Gasteiger partial charge on any atom is 0.233 e. The van der Waals surface area contributed by atoms with Crippen LogP contribution in [-0.4, -0.2) is 28.6 Å². The molecular weight excluding hydrogens is 433 g/mol. The van der Waals surface area contributed by atoms with Gasteiger partial charge in [0, 0.05) is 24.2 Å². The number of benzene rings is 2. The zero-order valence-corrected chi connectivity index (χ0v) is 18.0. The second-order valence-electron chi connectivity index (χ2n) is 7.39. The topological polar surface area (TPSA) is 59.5 Å². The summed E-state index contributed by atoms with van der Waals surface area (Å²) in [6.45, 7) is 1.99. The molecule has 0 bridgehead atoms. The molecule has 0 radical (unpaired) electrons. The molecule has 1 unspecified atom stereocenters. The van der Waals surface area contributed by atoms with E-state index in [0.717, 1.165) is 17.7 Å². The summed E-state index contributed by atoms with van der Waals surface area (Å²) >= 11 is 0. The number of ether oxygens (including phenoxy) is 1. The van der Waals surface area contributed by atoms with Crippen LogP contribution in [-0.2, 0) is 29.2 Å². The molecule has 1 aromatic heterocycles. The number of hydrogen-bond acceptors (Lipinski definition) is 4. The maximum atomic E-state index is 14.7. The van der Waals surface area contributed by atoms with Gasteiger partial charge >= 0.3 is 0 Å². The van der Waals surface area contributed by atoms with Crippen molar-refractivity contribution in [2.75, 3.05) is 6.54 Å². The van der Waals surface area contributed by atoms with Gasteiger partial charge in [0.1, 0.15) is 30.3 Å². The van der Waals surface area contributed by atoms with Gasteiger partial charge in [-0.1, -0.05) is 36.4 Å². The van der Waals surface area contributed by atoms with Gasteiger partial charge in [0.05, 0.1) is 18.2 Å². The summed E-state index contributed by atoms with van der Waals surface area (Å²) in [4.78, 5) is 29.5. The van der Waals surface area contributed by atoms with Gasteiger partial charge in [-0.15, -0.1) is 0 Å². The molecule has 1 amide bonds. The highest BCUT2D eigenvalue weighted by Gasteiger charge is 2.27. The number of nitrogens with zero attached hydrogens (tertiary/aromatic N) is 2. The van der Waals surface area contributed by atoms with Crippen molar-refractivity contribution in [1.82, 2.24) is 9.88 Å². The molecule has 5 nitrogen and oxygen atoms in total. The summed E-state index contributed by atoms with van der Waals surface area (Å²) in [6, 6.07) is 15.4. The molecule has 0 spiro atoms. The summed E-state index contributed by atoms with van der Waals surface area (Å²) in [6.07, 6.45) is -0.0886. The Bertz CT molecular complexity index is 1090. The highest BCUT2D eigenvalue weighted by atomic mass is 19.1. The fourth-order valence-corrected chi connectivity index (χ4v) is 3.33. The number of aldehydes is 1. The molecule has 33 heavy (non-hydrogen) atoms. The largest absolute Gasteiger partial charge is 0.489 e. The van der Waals surface area contributed by atoms with Crippen molar-refractivity contribution >= 4 is 12.2 Å². The molecule has 3 rings (SSSR count). The van der Waals surface area contributed by atoms with E-state index >= 15 is 0 Å². The van der Waals surface area contributed by atoms with Gasteiger partial charge in [-0.05, 0) is 31.0 Å². The van der Waals surface area contributed by atoms with Crippen LogP contribution in [0.3, 0.4) is 0 Å². The summed E-state index contributed by atoms with van der Waals surface area (Å²) in [5.74, 6) is -4.44. The van der Waals surface area contributed by atoms with E-state index in [2.05, 4.69) is 4.98 Å². The Balaban J connectivity index is 1.71. The van der Waals surface area contributed by atoms with Crippen molar-refractivity contribution < 1.29 is 27.5 Å². The third kappa shape index (κ3) is 6.41. The van der Waals surface area contributed by atoms with Crippen molar-refractivity contribution in [3.8, 4) is 5.75 Å².